The van der Waals surface area contributed by atoms with Crippen LogP contribution in [-0.4, -0.2) is 22.8 Å². The Balaban J connectivity index is 2.16. The first kappa shape index (κ1) is 18.7. The number of hydrogen-bond acceptors (Lipinski definition) is 5. The number of aromatic nitrogens is 2. The number of rotatable bonds is 6. The molecule has 0 spiro atoms. The lowest BCUT2D eigenvalue weighted by atomic mass is 10.1. The van der Waals surface area contributed by atoms with E-state index in [9.17, 15) is 4.79 Å². The van der Waals surface area contributed by atoms with Gasteiger partial charge in [-0.05, 0) is 62.4 Å². The molecule has 0 unspecified atom stereocenters. The van der Waals surface area contributed by atoms with Gasteiger partial charge in [0.25, 0.3) is 5.56 Å². The quantitative estimate of drug-likeness (QED) is 0.501. The third-order valence-corrected chi connectivity index (χ3v) is 4.22. The summed E-state index contributed by atoms with van der Waals surface area (Å²) in [4.78, 5) is 18.5. The minimum absolute atomic E-state index is 0.162. The van der Waals surface area contributed by atoms with Crippen LogP contribution in [0.15, 0.2) is 37.0 Å². The van der Waals surface area contributed by atoms with Gasteiger partial charge in [-0.25, -0.2) is 10.4 Å². The van der Waals surface area contributed by atoms with Gasteiger partial charge in [-0.2, -0.15) is 5.10 Å². The maximum Gasteiger partial charge on any atom is 0.252 e. The smallest absolute Gasteiger partial charge is 0.252 e. The standard InChI is InChI=1S/C16H18Br2N4O2/c1-4-24-15-11(17)5-10(6-12(15)18)8-19-22-16-20-13(9(2)3)7-14(23)21-16/h5-9H,4H2,1-3H3,(H2,20,21,22,23)/b19-8-. The molecule has 0 aliphatic heterocycles. The molecule has 0 saturated heterocycles. The van der Waals surface area contributed by atoms with Gasteiger partial charge in [0.2, 0.25) is 5.95 Å². The van der Waals surface area contributed by atoms with Crippen LogP contribution >= 0.6 is 31.9 Å². The van der Waals surface area contributed by atoms with E-state index >= 15 is 0 Å². The number of anilines is 1. The minimum Gasteiger partial charge on any atom is -0.492 e. The molecular formula is C16H18Br2N4O2. The maximum atomic E-state index is 11.6. The van der Waals surface area contributed by atoms with Gasteiger partial charge in [0.1, 0.15) is 5.75 Å². The Hall–Kier alpha value is -1.67. The minimum atomic E-state index is -0.210. The number of nitrogens with zero attached hydrogens (tertiary/aromatic N) is 2. The number of H-pyrrole nitrogens is 1. The number of ether oxygens (including phenoxy) is 1. The van der Waals surface area contributed by atoms with Crippen molar-refractivity contribution in [2.75, 3.05) is 12.0 Å². The van der Waals surface area contributed by atoms with E-state index in [0.717, 1.165) is 20.3 Å². The predicted molar refractivity (Wildman–Crippen MR) is 103 cm³/mol. The molecule has 0 amide bonds. The van der Waals surface area contributed by atoms with E-state index < -0.39 is 0 Å². The van der Waals surface area contributed by atoms with Gasteiger partial charge in [-0.1, -0.05) is 13.8 Å². The molecule has 0 saturated carbocycles. The molecule has 1 aromatic heterocycles. The highest BCUT2D eigenvalue weighted by atomic mass is 79.9. The van der Waals surface area contributed by atoms with Crippen molar-refractivity contribution in [2.24, 2.45) is 5.10 Å². The third-order valence-electron chi connectivity index (χ3n) is 3.05. The number of halogens is 2. The van der Waals surface area contributed by atoms with E-state index in [-0.39, 0.29) is 11.5 Å². The number of aromatic amines is 1. The lowest BCUT2D eigenvalue weighted by Gasteiger charge is -2.09. The number of hydrazone groups is 1. The van der Waals surface area contributed by atoms with Crippen molar-refractivity contribution in [3.8, 4) is 5.75 Å². The van der Waals surface area contributed by atoms with E-state index in [4.69, 9.17) is 4.74 Å². The van der Waals surface area contributed by atoms with Crippen LogP contribution in [0.5, 0.6) is 5.75 Å². The summed E-state index contributed by atoms with van der Waals surface area (Å²) in [6.45, 7) is 6.46. The summed E-state index contributed by atoms with van der Waals surface area (Å²) in [5, 5.41) is 4.12. The van der Waals surface area contributed by atoms with E-state index in [1.54, 1.807) is 6.21 Å². The molecule has 1 heterocycles. The molecule has 0 fully saturated rings. The Morgan fingerprint density at radius 2 is 2.00 bits per heavy atom. The van der Waals surface area contributed by atoms with Crippen LogP contribution in [0.4, 0.5) is 5.95 Å². The zero-order chi connectivity index (χ0) is 17.7. The molecular weight excluding hydrogens is 440 g/mol. The number of nitrogens with one attached hydrogen (secondary N) is 2. The van der Waals surface area contributed by atoms with Crippen LogP contribution in [-0.2, 0) is 0 Å². The molecule has 128 valence electrons. The second-order valence-corrected chi connectivity index (χ2v) is 7.00. The second kappa shape index (κ2) is 8.43. The van der Waals surface area contributed by atoms with Crippen LogP contribution in [0.25, 0.3) is 0 Å². The third kappa shape index (κ3) is 4.91. The fraction of sp³-hybridized carbons (Fsp3) is 0.312. The number of benzene rings is 1. The summed E-state index contributed by atoms with van der Waals surface area (Å²) in [7, 11) is 0. The molecule has 0 radical (unpaired) electrons. The van der Waals surface area contributed by atoms with Crippen LogP contribution in [0.2, 0.25) is 0 Å². The van der Waals surface area contributed by atoms with Gasteiger partial charge < -0.3 is 4.74 Å². The molecule has 24 heavy (non-hydrogen) atoms. The zero-order valence-electron chi connectivity index (χ0n) is 13.6. The van der Waals surface area contributed by atoms with Gasteiger partial charge >= 0.3 is 0 Å². The van der Waals surface area contributed by atoms with Gasteiger partial charge in [0, 0.05) is 6.07 Å². The highest BCUT2D eigenvalue weighted by molar-refractivity contribution is 9.11. The Kier molecular flexibility index (Phi) is 6.56. The molecule has 2 N–H and O–H groups in total. The Bertz CT molecular complexity index is 780. The summed E-state index contributed by atoms with van der Waals surface area (Å²) in [6.07, 6.45) is 1.63. The molecule has 2 rings (SSSR count). The zero-order valence-corrected chi connectivity index (χ0v) is 16.7. The highest BCUT2D eigenvalue weighted by Crippen LogP contribution is 2.34. The molecule has 0 aliphatic rings. The average Bonchev–Trinajstić information content (AvgIpc) is 2.50. The van der Waals surface area contributed by atoms with E-state index in [1.807, 2.05) is 32.9 Å². The molecule has 0 aliphatic carbocycles. The van der Waals surface area contributed by atoms with Crippen LogP contribution in [0.1, 0.15) is 37.9 Å². The summed E-state index contributed by atoms with van der Waals surface area (Å²) in [5.41, 5.74) is 4.10. The van der Waals surface area contributed by atoms with Crippen LogP contribution in [0, 0.1) is 0 Å². The first-order valence-corrected chi connectivity index (χ1v) is 9.01. The monoisotopic (exact) mass is 456 g/mol. The summed E-state index contributed by atoms with van der Waals surface area (Å²) in [5.74, 6) is 1.22. The average molecular weight is 458 g/mol. The predicted octanol–water partition coefficient (Wildman–Crippen LogP) is 4.26. The van der Waals surface area contributed by atoms with Crippen LogP contribution < -0.4 is 15.7 Å². The summed E-state index contributed by atoms with van der Waals surface area (Å²) in [6, 6.07) is 5.27. The van der Waals surface area contributed by atoms with Gasteiger partial charge in [-0.15, -0.1) is 0 Å². The fourth-order valence-corrected chi connectivity index (χ4v) is 3.38. The van der Waals surface area contributed by atoms with Gasteiger partial charge in [0.15, 0.2) is 0 Å². The van der Waals surface area contributed by atoms with Crippen LogP contribution in [0.3, 0.4) is 0 Å². The summed E-state index contributed by atoms with van der Waals surface area (Å²) >= 11 is 6.95. The topological polar surface area (TPSA) is 79.4 Å². The van der Waals surface area contributed by atoms with E-state index in [2.05, 4.69) is 52.4 Å². The van der Waals surface area contributed by atoms with E-state index in [1.165, 1.54) is 6.07 Å². The Morgan fingerprint density at radius 1 is 1.33 bits per heavy atom. The Morgan fingerprint density at radius 3 is 2.58 bits per heavy atom. The number of hydrogen-bond donors (Lipinski definition) is 2. The summed E-state index contributed by atoms with van der Waals surface area (Å²) < 4.78 is 7.20. The van der Waals surface area contributed by atoms with Gasteiger partial charge in [-0.3, -0.25) is 9.78 Å². The van der Waals surface area contributed by atoms with Crippen molar-refractivity contribution < 1.29 is 4.74 Å². The normalized spacial score (nSPS) is 11.2. The largest absolute Gasteiger partial charge is 0.492 e. The van der Waals surface area contributed by atoms with E-state index in [0.29, 0.717) is 18.2 Å². The first-order valence-electron chi connectivity index (χ1n) is 7.43. The lowest BCUT2D eigenvalue weighted by molar-refractivity contribution is 0.336. The van der Waals surface area contributed by atoms with Crippen molar-refractivity contribution in [1.29, 1.82) is 0 Å². The molecule has 2 aromatic rings. The van der Waals surface area contributed by atoms with Crippen molar-refractivity contribution in [2.45, 2.75) is 26.7 Å². The van der Waals surface area contributed by atoms with Crippen molar-refractivity contribution in [3.63, 3.8) is 0 Å². The lowest BCUT2D eigenvalue weighted by Crippen LogP contribution is -2.12. The maximum absolute atomic E-state index is 11.6. The SMILES string of the molecule is CCOc1c(Br)cc(/C=N\Nc2nc(C(C)C)cc(=O)[nH]2)cc1Br. The van der Waals surface area contributed by atoms with Crippen molar-refractivity contribution in [3.05, 3.63) is 48.8 Å². The second-order valence-electron chi connectivity index (χ2n) is 5.29. The Labute approximate surface area is 157 Å². The van der Waals surface area contributed by atoms with Crippen molar-refractivity contribution in [1.82, 2.24) is 9.97 Å². The molecule has 0 atom stereocenters. The molecule has 0 bridgehead atoms. The highest BCUT2D eigenvalue weighted by Gasteiger charge is 2.08. The molecule has 1 aromatic carbocycles. The first-order chi connectivity index (χ1) is 11.4. The van der Waals surface area contributed by atoms with Crippen molar-refractivity contribution >= 4 is 44.0 Å². The molecule has 6 nitrogen and oxygen atoms in total. The fourth-order valence-electron chi connectivity index (χ4n) is 1.93. The molecule has 8 heteroatoms. The van der Waals surface area contributed by atoms with Gasteiger partial charge in [0.05, 0.1) is 27.5 Å².